The molecule has 1 unspecified atom stereocenters. The zero-order valence-corrected chi connectivity index (χ0v) is 14.7. The first-order chi connectivity index (χ1) is 13.1. The molecule has 0 amide bonds. The Labute approximate surface area is 156 Å². The minimum atomic E-state index is -1.97. The molecular formula is C21H18O6. The first-order valence-electron chi connectivity index (χ1n) is 8.50. The summed E-state index contributed by atoms with van der Waals surface area (Å²) in [5.74, 6) is -1.98. The molecule has 1 atom stereocenters. The Morgan fingerprint density at radius 2 is 1.85 bits per heavy atom. The molecule has 2 aromatic carbocycles. The summed E-state index contributed by atoms with van der Waals surface area (Å²) in [5, 5.41) is 11.5. The van der Waals surface area contributed by atoms with Gasteiger partial charge in [-0.1, -0.05) is 42.5 Å². The van der Waals surface area contributed by atoms with Gasteiger partial charge in [-0.05, 0) is 23.8 Å². The molecule has 0 spiro atoms. The topological polar surface area (TPSA) is 74.2 Å². The fourth-order valence-electron chi connectivity index (χ4n) is 3.32. The average molecular weight is 366 g/mol. The molecule has 0 saturated heterocycles. The number of carbonyl (C=O) groups is 1. The number of aliphatic hydroxyl groups is 1. The van der Waals surface area contributed by atoms with E-state index < -0.39 is 11.8 Å². The van der Waals surface area contributed by atoms with Crippen LogP contribution in [0.25, 0.3) is 0 Å². The molecule has 4 rings (SSSR count). The normalized spacial score (nSPS) is 21.7. The Morgan fingerprint density at radius 3 is 2.56 bits per heavy atom. The number of para-hydroxylation sites is 1. The Hall–Kier alpha value is -3.09. The van der Waals surface area contributed by atoms with Gasteiger partial charge in [-0.2, -0.15) is 4.89 Å². The highest BCUT2D eigenvalue weighted by Gasteiger charge is 2.51. The van der Waals surface area contributed by atoms with Gasteiger partial charge in [0.15, 0.2) is 5.76 Å². The zero-order chi connectivity index (χ0) is 18.9. The van der Waals surface area contributed by atoms with Crippen LogP contribution in [-0.4, -0.2) is 24.8 Å². The molecule has 2 aromatic rings. The van der Waals surface area contributed by atoms with E-state index in [1.165, 1.54) is 7.11 Å². The Bertz CT molecular complexity index is 931. The van der Waals surface area contributed by atoms with Crippen molar-refractivity contribution in [3.05, 3.63) is 88.7 Å². The first-order valence-corrected chi connectivity index (χ1v) is 8.50. The van der Waals surface area contributed by atoms with E-state index in [-0.39, 0.29) is 24.4 Å². The monoisotopic (exact) mass is 366 g/mol. The summed E-state index contributed by atoms with van der Waals surface area (Å²) < 4.78 is 10.8. The third-order valence-corrected chi connectivity index (χ3v) is 4.58. The number of benzene rings is 2. The first kappa shape index (κ1) is 17.3. The second-order valence-electron chi connectivity index (χ2n) is 6.19. The van der Waals surface area contributed by atoms with Crippen molar-refractivity contribution in [1.29, 1.82) is 0 Å². The lowest BCUT2D eigenvalue weighted by Crippen LogP contribution is -2.30. The van der Waals surface area contributed by atoms with Crippen molar-refractivity contribution in [2.75, 3.05) is 13.7 Å². The summed E-state index contributed by atoms with van der Waals surface area (Å²) in [5.41, 5.74) is 1.81. The highest BCUT2D eigenvalue weighted by molar-refractivity contribution is 5.97. The van der Waals surface area contributed by atoms with Gasteiger partial charge >= 0.3 is 5.97 Å². The third kappa shape index (κ3) is 2.99. The molecule has 2 heterocycles. The maximum atomic E-state index is 12.7. The molecule has 6 heteroatoms. The van der Waals surface area contributed by atoms with E-state index in [0.29, 0.717) is 16.9 Å². The van der Waals surface area contributed by atoms with E-state index in [4.69, 9.17) is 19.2 Å². The van der Waals surface area contributed by atoms with Gasteiger partial charge in [-0.25, -0.2) is 4.79 Å². The van der Waals surface area contributed by atoms with E-state index in [0.717, 1.165) is 5.56 Å². The van der Waals surface area contributed by atoms with Crippen LogP contribution >= 0.6 is 0 Å². The van der Waals surface area contributed by atoms with E-state index in [9.17, 15) is 9.90 Å². The van der Waals surface area contributed by atoms with Gasteiger partial charge < -0.3 is 19.5 Å². The highest BCUT2D eigenvalue weighted by atomic mass is 17.2. The highest BCUT2D eigenvalue weighted by Crippen LogP contribution is 2.46. The van der Waals surface area contributed by atoms with Crippen LogP contribution in [0, 0.1) is 0 Å². The fourth-order valence-corrected chi connectivity index (χ4v) is 3.32. The molecule has 0 bridgehead atoms. The lowest BCUT2D eigenvalue weighted by molar-refractivity contribution is -0.231. The van der Waals surface area contributed by atoms with Gasteiger partial charge in [0, 0.05) is 12.0 Å². The number of esters is 1. The van der Waals surface area contributed by atoms with Gasteiger partial charge in [-0.3, -0.25) is 0 Å². The van der Waals surface area contributed by atoms with Crippen LogP contribution in [0.1, 0.15) is 11.1 Å². The van der Waals surface area contributed by atoms with Crippen molar-refractivity contribution in [2.24, 2.45) is 0 Å². The van der Waals surface area contributed by atoms with Crippen LogP contribution in [0.15, 0.2) is 77.6 Å². The van der Waals surface area contributed by atoms with Crippen molar-refractivity contribution in [1.82, 2.24) is 0 Å². The van der Waals surface area contributed by atoms with Gasteiger partial charge in [0.05, 0.1) is 12.7 Å². The fraction of sp³-hybridized carbons (Fsp3) is 0.190. The maximum absolute atomic E-state index is 12.7. The largest absolute Gasteiger partial charge is 0.496 e. The molecule has 138 valence electrons. The summed E-state index contributed by atoms with van der Waals surface area (Å²) in [6, 6.07) is 16.4. The van der Waals surface area contributed by atoms with Crippen LogP contribution in [0.2, 0.25) is 0 Å². The lowest BCUT2D eigenvalue weighted by atomic mass is 9.89. The molecule has 27 heavy (non-hydrogen) atoms. The van der Waals surface area contributed by atoms with Crippen molar-refractivity contribution in [3.63, 3.8) is 0 Å². The van der Waals surface area contributed by atoms with E-state index >= 15 is 0 Å². The zero-order valence-electron chi connectivity index (χ0n) is 14.7. The number of hydrogen-bond acceptors (Lipinski definition) is 6. The summed E-state index contributed by atoms with van der Waals surface area (Å²) >= 11 is 0. The number of methoxy groups -OCH3 is 1. The van der Waals surface area contributed by atoms with Crippen molar-refractivity contribution in [2.45, 2.75) is 12.2 Å². The number of ether oxygens (including phenoxy) is 2. The molecular weight excluding hydrogens is 348 g/mol. The number of hydrogen-bond donors (Lipinski definition) is 1. The second-order valence-corrected chi connectivity index (χ2v) is 6.19. The van der Waals surface area contributed by atoms with Gasteiger partial charge in [0.2, 0.25) is 0 Å². The molecule has 0 aromatic heterocycles. The van der Waals surface area contributed by atoms with Crippen molar-refractivity contribution in [3.8, 4) is 5.75 Å². The van der Waals surface area contributed by atoms with Gasteiger partial charge in [-0.15, -0.1) is 0 Å². The molecule has 0 aliphatic carbocycles. The minimum Gasteiger partial charge on any atom is -0.496 e. The van der Waals surface area contributed by atoms with Crippen molar-refractivity contribution >= 4 is 5.97 Å². The molecule has 0 fully saturated rings. The Balaban J connectivity index is 1.89. The predicted octanol–water partition coefficient (Wildman–Crippen LogP) is 2.78. The number of rotatable bonds is 5. The van der Waals surface area contributed by atoms with E-state index in [1.54, 1.807) is 30.3 Å². The Morgan fingerprint density at radius 1 is 1.11 bits per heavy atom. The van der Waals surface area contributed by atoms with Crippen LogP contribution in [-0.2, 0) is 31.5 Å². The minimum absolute atomic E-state index is 0.171. The van der Waals surface area contributed by atoms with Crippen LogP contribution in [0.5, 0.6) is 5.75 Å². The summed E-state index contributed by atoms with van der Waals surface area (Å²) in [4.78, 5) is 22.7. The smallest absolute Gasteiger partial charge is 0.345 e. The van der Waals surface area contributed by atoms with E-state index in [1.807, 2.05) is 30.3 Å². The predicted molar refractivity (Wildman–Crippen MR) is 95.3 cm³/mol. The SMILES string of the molecule is COc1ccccc1C1(O)OC(=O)C(C2=CCOO2)=C1Cc1ccccc1. The molecule has 0 radical (unpaired) electrons. The van der Waals surface area contributed by atoms with Crippen LogP contribution in [0.4, 0.5) is 0 Å². The number of carbonyl (C=O) groups excluding carboxylic acids is 1. The van der Waals surface area contributed by atoms with Crippen LogP contribution < -0.4 is 4.74 Å². The summed E-state index contributed by atoms with van der Waals surface area (Å²) in [6.45, 7) is 0.220. The lowest BCUT2D eigenvalue weighted by Gasteiger charge is -2.27. The summed E-state index contributed by atoms with van der Waals surface area (Å²) in [6.07, 6.45) is 1.92. The standard InChI is InChI=1S/C21H18O6/c1-24-17-10-6-5-9-15(17)21(23)16(13-14-7-3-2-4-8-14)19(20(22)26-21)18-11-12-25-27-18/h2-11,23H,12-13H2,1H3. The molecule has 2 aliphatic rings. The molecule has 2 aliphatic heterocycles. The summed E-state index contributed by atoms with van der Waals surface area (Å²) in [7, 11) is 1.50. The maximum Gasteiger partial charge on any atom is 0.345 e. The van der Waals surface area contributed by atoms with Crippen LogP contribution in [0.3, 0.4) is 0 Å². The second kappa shape index (κ2) is 6.90. The van der Waals surface area contributed by atoms with Crippen molar-refractivity contribution < 1.29 is 29.1 Å². The molecule has 1 N–H and O–H groups in total. The molecule has 6 nitrogen and oxygen atoms in total. The van der Waals surface area contributed by atoms with Gasteiger partial charge in [0.1, 0.15) is 17.9 Å². The third-order valence-electron chi connectivity index (χ3n) is 4.58. The molecule has 0 saturated carbocycles. The van der Waals surface area contributed by atoms with E-state index in [2.05, 4.69) is 0 Å². The Kier molecular flexibility index (Phi) is 4.43. The average Bonchev–Trinajstić information content (AvgIpc) is 3.30. The number of cyclic esters (lactones) is 1. The van der Waals surface area contributed by atoms with Gasteiger partial charge in [0.25, 0.3) is 5.79 Å². The quantitative estimate of drug-likeness (QED) is 0.648.